The van der Waals surface area contributed by atoms with Gasteiger partial charge in [0.15, 0.2) is 0 Å². The highest BCUT2D eigenvalue weighted by atomic mass is 14.2. The minimum Gasteiger partial charge on any atom is -0.0984 e. The summed E-state index contributed by atoms with van der Waals surface area (Å²) in [5.74, 6) is 0. The van der Waals surface area contributed by atoms with Gasteiger partial charge >= 0.3 is 0 Å². The average molecular weight is 204 g/mol. The summed E-state index contributed by atoms with van der Waals surface area (Å²) in [4.78, 5) is 0. The first-order valence-corrected chi connectivity index (χ1v) is 5.37. The largest absolute Gasteiger partial charge is 0.0984 e. The number of rotatable bonds is 1. The maximum absolute atomic E-state index is 4.10. The standard InChI is InChI=1S/C16H12/c1-3-12-13-8-4-5-9-14(13)15-10-6-7-11(2)16(12)15/h3-10H,1-2H2. The van der Waals surface area contributed by atoms with Crippen LogP contribution in [0.3, 0.4) is 0 Å². The Balaban J connectivity index is 2.59. The summed E-state index contributed by atoms with van der Waals surface area (Å²) < 4.78 is 0. The van der Waals surface area contributed by atoms with Crippen LogP contribution in [0.5, 0.6) is 0 Å². The molecular formula is C16H12. The lowest BCUT2D eigenvalue weighted by Crippen LogP contribution is -2.24. The Morgan fingerprint density at radius 2 is 1.50 bits per heavy atom. The lowest BCUT2D eigenvalue weighted by Gasteiger charge is -2.00. The summed E-state index contributed by atoms with van der Waals surface area (Å²) in [5.41, 5.74) is 5.04. The Kier molecular flexibility index (Phi) is 1.84. The Morgan fingerprint density at radius 3 is 2.25 bits per heavy atom. The molecular weight excluding hydrogens is 192 g/mol. The molecule has 16 heavy (non-hydrogen) atoms. The molecule has 0 unspecified atom stereocenters. The molecule has 2 aromatic carbocycles. The minimum atomic E-state index is 1.07. The van der Waals surface area contributed by atoms with Crippen LogP contribution in [-0.4, -0.2) is 0 Å². The number of fused-ring (bicyclic) bond motifs is 3. The molecule has 0 radical (unpaired) electrons. The van der Waals surface area contributed by atoms with Crippen molar-refractivity contribution in [2.45, 2.75) is 0 Å². The van der Waals surface area contributed by atoms with Crippen molar-refractivity contribution in [1.82, 2.24) is 0 Å². The number of allylic oxidation sites excluding steroid dienone is 1. The maximum atomic E-state index is 4.10. The highest BCUT2D eigenvalue weighted by molar-refractivity contribution is 5.92. The molecule has 2 aromatic rings. The summed E-state index contributed by atoms with van der Waals surface area (Å²) in [5, 5.41) is 2.31. The van der Waals surface area contributed by atoms with E-state index in [9.17, 15) is 0 Å². The van der Waals surface area contributed by atoms with E-state index in [2.05, 4.69) is 49.6 Å². The molecule has 0 aromatic heterocycles. The lowest BCUT2D eigenvalue weighted by atomic mass is 10.0. The van der Waals surface area contributed by atoms with Gasteiger partial charge in [0.2, 0.25) is 0 Å². The Hall–Kier alpha value is -2.08. The average Bonchev–Trinajstić information content (AvgIpc) is 2.65. The Bertz CT molecular complexity index is 690. The first-order valence-electron chi connectivity index (χ1n) is 5.37. The molecule has 0 heterocycles. The second-order valence-electron chi connectivity index (χ2n) is 4.00. The van der Waals surface area contributed by atoms with Crippen LogP contribution in [0, 0.1) is 0 Å². The molecule has 0 fully saturated rings. The third-order valence-electron chi connectivity index (χ3n) is 3.13. The van der Waals surface area contributed by atoms with Crippen molar-refractivity contribution in [1.29, 1.82) is 0 Å². The van der Waals surface area contributed by atoms with Crippen molar-refractivity contribution >= 4 is 12.2 Å². The van der Waals surface area contributed by atoms with Crippen LogP contribution in [0.1, 0.15) is 5.56 Å². The fourth-order valence-electron chi connectivity index (χ4n) is 2.44. The van der Waals surface area contributed by atoms with Crippen LogP contribution in [0.4, 0.5) is 0 Å². The van der Waals surface area contributed by atoms with Gasteiger partial charge in [-0.1, -0.05) is 61.7 Å². The van der Waals surface area contributed by atoms with Gasteiger partial charge in [0.25, 0.3) is 0 Å². The second-order valence-corrected chi connectivity index (χ2v) is 4.00. The number of hydrogen-bond donors (Lipinski definition) is 0. The lowest BCUT2D eigenvalue weighted by molar-refractivity contribution is 1.54. The molecule has 0 heteroatoms. The van der Waals surface area contributed by atoms with Gasteiger partial charge in [0.1, 0.15) is 0 Å². The van der Waals surface area contributed by atoms with Gasteiger partial charge in [0.05, 0.1) is 0 Å². The third kappa shape index (κ3) is 1.04. The molecule has 0 bridgehead atoms. The molecule has 0 spiro atoms. The molecule has 0 aliphatic heterocycles. The van der Waals surface area contributed by atoms with Crippen molar-refractivity contribution in [2.24, 2.45) is 0 Å². The molecule has 0 N–H and O–H groups in total. The Morgan fingerprint density at radius 1 is 0.812 bits per heavy atom. The zero-order chi connectivity index (χ0) is 11.1. The van der Waals surface area contributed by atoms with Gasteiger partial charge in [-0.25, -0.2) is 0 Å². The quantitative estimate of drug-likeness (QED) is 0.669. The first-order chi connectivity index (χ1) is 7.83. The highest BCUT2D eigenvalue weighted by Crippen LogP contribution is 2.30. The molecule has 1 aliphatic rings. The van der Waals surface area contributed by atoms with Gasteiger partial charge in [0, 0.05) is 0 Å². The van der Waals surface area contributed by atoms with E-state index in [1.807, 2.05) is 12.1 Å². The zero-order valence-electron chi connectivity index (χ0n) is 9.03. The normalized spacial score (nSPS) is 12.1. The first kappa shape index (κ1) is 9.17. The Labute approximate surface area is 94.9 Å². The van der Waals surface area contributed by atoms with Gasteiger partial charge < -0.3 is 0 Å². The predicted molar refractivity (Wildman–Crippen MR) is 69.4 cm³/mol. The smallest absolute Gasteiger partial charge is 0.00325 e. The predicted octanol–water partition coefficient (Wildman–Crippen LogP) is 2.46. The van der Waals surface area contributed by atoms with Gasteiger partial charge in [-0.2, -0.15) is 0 Å². The van der Waals surface area contributed by atoms with E-state index in [1.165, 1.54) is 27.5 Å². The van der Waals surface area contributed by atoms with Crippen LogP contribution in [0.25, 0.3) is 23.3 Å². The van der Waals surface area contributed by atoms with E-state index >= 15 is 0 Å². The molecule has 0 nitrogen and oxygen atoms in total. The van der Waals surface area contributed by atoms with E-state index in [0.29, 0.717) is 0 Å². The van der Waals surface area contributed by atoms with E-state index in [-0.39, 0.29) is 0 Å². The van der Waals surface area contributed by atoms with Crippen LogP contribution >= 0.6 is 0 Å². The van der Waals surface area contributed by atoms with E-state index in [0.717, 1.165) is 5.22 Å². The SMILES string of the molecule is C=CC1=c2c(cccc2=C)-c2ccccc21. The fourth-order valence-corrected chi connectivity index (χ4v) is 2.44. The van der Waals surface area contributed by atoms with Crippen molar-refractivity contribution < 1.29 is 0 Å². The molecule has 1 aliphatic carbocycles. The number of benzene rings is 2. The second kappa shape index (κ2) is 3.21. The van der Waals surface area contributed by atoms with Crippen LogP contribution in [-0.2, 0) is 0 Å². The van der Waals surface area contributed by atoms with Crippen molar-refractivity contribution in [3.63, 3.8) is 0 Å². The van der Waals surface area contributed by atoms with E-state index < -0.39 is 0 Å². The summed E-state index contributed by atoms with van der Waals surface area (Å²) in [7, 11) is 0. The molecule has 3 rings (SSSR count). The van der Waals surface area contributed by atoms with Crippen LogP contribution < -0.4 is 10.4 Å². The molecule has 0 amide bonds. The molecule has 76 valence electrons. The monoisotopic (exact) mass is 204 g/mol. The molecule has 0 saturated carbocycles. The highest BCUT2D eigenvalue weighted by Gasteiger charge is 2.16. The summed E-state index contributed by atoms with van der Waals surface area (Å²) in [6.45, 7) is 8.02. The molecule has 0 saturated heterocycles. The van der Waals surface area contributed by atoms with Crippen molar-refractivity contribution in [2.75, 3.05) is 0 Å². The zero-order valence-corrected chi connectivity index (χ0v) is 9.03. The molecule has 0 atom stereocenters. The minimum absolute atomic E-state index is 1.07. The van der Waals surface area contributed by atoms with Gasteiger partial charge in [-0.05, 0) is 32.7 Å². The summed E-state index contributed by atoms with van der Waals surface area (Å²) in [6, 6.07) is 14.7. The fraction of sp³-hybridized carbons (Fsp3) is 0. The summed E-state index contributed by atoms with van der Waals surface area (Å²) >= 11 is 0. The maximum Gasteiger partial charge on any atom is -0.00325 e. The number of hydrogen-bond acceptors (Lipinski definition) is 0. The van der Waals surface area contributed by atoms with Gasteiger partial charge in [-0.3, -0.25) is 0 Å². The topological polar surface area (TPSA) is 0 Å². The van der Waals surface area contributed by atoms with E-state index in [4.69, 9.17) is 0 Å². The van der Waals surface area contributed by atoms with Crippen molar-refractivity contribution in [3.05, 3.63) is 71.1 Å². The van der Waals surface area contributed by atoms with Crippen LogP contribution in [0.2, 0.25) is 0 Å². The summed E-state index contributed by atoms with van der Waals surface area (Å²) in [6.07, 6.45) is 1.93. The van der Waals surface area contributed by atoms with Crippen molar-refractivity contribution in [3.8, 4) is 11.1 Å². The third-order valence-corrected chi connectivity index (χ3v) is 3.13. The van der Waals surface area contributed by atoms with Gasteiger partial charge in [-0.15, -0.1) is 0 Å². The van der Waals surface area contributed by atoms with E-state index in [1.54, 1.807) is 0 Å². The van der Waals surface area contributed by atoms with Crippen LogP contribution in [0.15, 0.2) is 55.1 Å².